The molecule has 1 saturated heterocycles. The third-order valence-corrected chi connectivity index (χ3v) is 5.59. The van der Waals surface area contributed by atoms with Crippen LogP contribution in [0.3, 0.4) is 0 Å². The standard InChI is InChI=1S/C20H24Cl2N2O/c1-14-10-19(21)20(22)11-18(14)17-5-3-2-4-16(17)15(13-25)12-24-8-6-23-7-9-24/h2-5,10-11,15,23,25H,6-9,12-13H2,1H3. The van der Waals surface area contributed by atoms with Crippen LogP contribution in [0.15, 0.2) is 36.4 Å². The predicted molar refractivity (Wildman–Crippen MR) is 106 cm³/mol. The van der Waals surface area contributed by atoms with Gasteiger partial charge in [-0.05, 0) is 41.3 Å². The van der Waals surface area contributed by atoms with Gasteiger partial charge in [0.25, 0.3) is 0 Å². The minimum atomic E-state index is 0.0724. The summed E-state index contributed by atoms with van der Waals surface area (Å²) in [4.78, 5) is 2.41. The molecule has 1 heterocycles. The van der Waals surface area contributed by atoms with Gasteiger partial charge in [0.15, 0.2) is 0 Å². The zero-order chi connectivity index (χ0) is 17.8. The molecule has 25 heavy (non-hydrogen) atoms. The molecule has 1 unspecified atom stereocenters. The van der Waals surface area contributed by atoms with Crippen LogP contribution in [0.2, 0.25) is 10.0 Å². The summed E-state index contributed by atoms with van der Waals surface area (Å²) in [7, 11) is 0. The SMILES string of the molecule is Cc1cc(Cl)c(Cl)cc1-c1ccccc1C(CO)CN1CCNCC1. The fourth-order valence-corrected chi connectivity index (χ4v) is 3.88. The number of rotatable bonds is 5. The first-order valence-electron chi connectivity index (χ1n) is 8.69. The summed E-state index contributed by atoms with van der Waals surface area (Å²) >= 11 is 12.4. The minimum absolute atomic E-state index is 0.0724. The van der Waals surface area contributed by atoms with Crippen LogP contribution in [0.4, 0.5) is 0 Å². The van der Waals surface area contributed by atoms with Gasteiger partial charge >= 0.3 is 0 Å². The molecule has 0 aliphatic carbocycles. The second kappa shape index (κ2) is 8.52. The highest BCUT2D eigenvalue weighted by atomic mass is 35.5. The number of aryl methyl sites for hydroxylation is 1. The Morgan fingerprint density at radius 1 is 1.08 bits per heavy atom. The Kier molecular flexibility index (Phi) is 6.37. The summed E-state index contributed by atoms with van der Waals surface area (Å²) in [6.07, 6.45) is 0. The van der Waals surface area contributed by atoms with Gasteiger partial charge in [0.2, 0.25) is 0 Å². The van der Waals surface area contributed by atoms with Crippen LogP contribution in [0.25, 0.3) is 11.1 Å². The third-order valence-electron chi connectivity index (χ3n) is 4.87. The lowest BCUT2D eigenvalue weighted by Crippen LogP contribution is -2.45. The van der Waals surface area contributed by atoms with Gasteiger partial charge < -0.3 is 15.3 Å². The van der Waals surface area contributed by atoms with Crippen molar-refractivity contribution in [3.05, 3.63) is 57.6 Å². The van der Waals surface area contributed by atoms with E-state index in [1.54, 1.807) is 0 Å². The summed E-state index contributed by atoms with van der Waals surface area (Å²) in [5.74, 6) is 0.0724. The maximum Gasteiger partial charge on any atom is 0.0598 e. The van der Waals surface area contributed by atoms with Crippen LogP contribution in [-0.4, -0.2) is 49.3 Å². The van der Waals surface area contributed by atoms with Crippen LogP contribution < -0.4 is 5.32 Å². The van der Waals surface area contributed by atoms with Gasteiger partial charge in [0.05, 0.1) is 16.7 Å². The van der Waals surface area contributed by atoms with Gasteiger partial charge in [0.1, 0.15) is 0 Å². The van der Waals surface area contributed by atoms with E-state index >= 15 is 0 Å². The molecule has 1 fully saturated rings. The lowest BCUT2D eigenvalue weighted by atomic mass is 9.88. The maximum atomic E-state index is 10.1. The van der Waals surface area contributed by atoms with Crippen molar-refractivity contribution in [2.75, 3.05) is 39.3 Å². The Hall–Kier alpha value is -1.10. The van der Waals surface area contributed by atoms with E-state index in [1.165, 1.54) is 0 Å². The molecule has 2 aromatic carbocycles. The smallest absolute Gasteiger partial charge is 0.0598 e. The van der Waals surface area contributed by atoms with Crippen LogP contribution in [0, 0.1) is 6.92 Å². The van der Waals surface area contributed by atoms with Gasteiger partial charge in [-0.25, -0.2) is 0 Å². The van der Waals surface area contributed by atoms with E-state index in [2.05, 4.69) is 22.3 Å². The largest absolute Gasteiger partial charge is 0.396 e. The molecule has 1 atom stereocenters. The number of hydrogen-bond donors (Lipinski definition) is 2. The Balaban J connectivity index is 1.95. The molecule has 0 aromatic heterocycles. The molecule has 1 aliphatic heterocycles. The predicted octanol–water partition coefficient (Wildman–Crippen LogP) is 3.95. The summed E-state index contributed by atoms with van der Waals surface area (Å²) in [5, 5.41) is 14.6. The Morgan fingerprint density at radius 2 is 1.76 bits per heavy atom. The highest BCUT2D eigenvalue weighted by Gasteiger charge is 2.21. The van der Waals surface area contributed by atoms with Crippen LogP contribution in [0.1, 0.15) is 17.0 Å². The molecule has 5 heteroatoms. The first kappa shape index (κ1) is 18.7. The zero-order valence-corrected chi connectivity index (χ0v) is 15.9. The average molecular weight is 379 g/mol. The first-order valence-corrected chi connectivity index (χ1v) is 9.44. The number of aliphatic hydroxyl groups is 1. The first-order chi connectivity index (χ1) is 12.1. The van der Waals surface area contributed by atoms with Crippen molar-refractivity contribution in [2.45, 2.75) is 12.8 Å². The van der Waals surface area contributed by atoms with Crippen molar-refractivity contribution < 1.29 is 5.11 Å². The lowest BCUT2D eigenvalue weighted by Gasteiger charge is -2.31. The van der Waals surface area contributed by atoms with Crippen molar-refractivity contribution in [3.8, 4) is 11.1 Å². The number of aliphatic hydroxyl groups excluding tert-OH is 1. The highest BCUT2D eigenvalue weighted by molar-refractivity contribution is 6.42. The molecular formula is C20H24Cl2N2O. The monoisotopic (exact) mass is 378 g/mol. The van der Waals surface area contributed by atoms with Gasteiger partial charge in [-0.3, -0.25) is 0 Å². The van der Waals surface area contributed by atoms with E-state index in [0.717, 1.165) is 55.0 Å². The van der Waals surface area contributed by atoms with Gasteiger partial charge in [-0.2, -0.15) is 0 Å². The molecule has 1 aliphatic rings. The van der Waals surface area contributed by atoms with Crippen molar-refractivity contribution in [3.63, 3.8) is 0 Å². The lowest BCUT2D eigenvalue weighted by molar-refractivity contribution is 0.186. The Morgan fingerprint density at radius 3 is 2.48 bits per heavy atom. The van der Waals surface area contributed by atoms with E-state index in [0.29, 0.717) is 10.0 Å². The molecule has 0 saturated carbocycles. The van der Waals surface area contributed by atoms with Crippen LogP contribution in [0.5, 0.6) is 0 Å². The molecule has 0 amide bonds. The van der Waals surface area contributed by atoms with E-state index in [1.807, 2.05) is 31.2 Å². The van der Waals surface area contributed by atoms with Gasteiger partial charge in [-0.1, -0.05) is 47.5 Å². The summed E-state index contributed by atoms with van der Waals surface area (Å²) < 4.78 is 0. The topological polar surface area (TPSA) is 35.5 Å². The van der Waals surface area contributed by atoms with Crippen LogP contribution >= 0.6 is 23.2 Å². The Labute approximate surface area is 159 Å². The third kappa shape index (κ3) is 4.36. The molecule has 3 rings (SSSR count). The molecule has 0 bridgehead atoms. The maximum absolute atomic E-state index is 10.1. The van der Waals surface area contributed by atoms with Crippen molar-refractivity contribution >= 4 is 23.2 Å². The van der Waals surface area contributed by atoms with Crippen molar-refractivity contribution in [1.29, 1.82) is 0 Å². The fraction of sp³-hybridized carbons (Fsp3) is 0.400. The van der Waals surface area contributed by atoms with E-state index in [4.69, 9.17) is 23.2 Å². The molecule has 134 valence electrons. The summed E-state index contributed by atoms with van der Waals surface area (Å²) in [5.41, 5.74) is 4.43. The second-order valence-corrected chi connectivity index (χ2v) is 7.41. The summed E-state index contributed by atoms with van der Waals surface area (Å²) in [6.45, 7) is 7.07. The highest BCUT2D eigenvalue weighted by Crippen LogP contribution is 2.36. The Bertz CT molecular complexity index is 730. The number of benzene rings is 2. The average Bonchev–Trinajstić information content (AvgIpc) is 2.64. The number of halogens is 2. The van der Waals surface area contributed by atoms with E-state index in [-0.39, 0.29) is 12.5 Å². The second-order valence-electron chi connectivity index (χ2n) is 6.60. The molecule has 2 aromatic rings. The zero-order valence-electron chi connectivity index (χ0n) is 14.4. The van der Waals surface area contributed by atoms with E-state index in [9.17, 15) is 5.11 Å². The molecular weight excluding hydrogens is 355 g/mol. The quantitative estimate of drug-likeness (QED) is 0.826. The van der Waals surface area contributed by atoms with Gasteiger partial charge in [-0.15, -0.1) is 0 Å². The molecule has 2 N–H and O–H groups in total. The fourth-order valence-electron chi connectivity index (χ4n) is 3.49. The van der Waals surface area contributed by atoms with E-state index < -0.39 is 0 Å². The van der Waals surface area contributed by atoms with Gasteiger partial charge in [0, 0.05) is 38.6 Å². The summed E-state index contributed by atoms with van der Waals surface area (Å²) in [6, 6.07) is 12.1. The number of hydrogen-bond acceptors (Lipinski definition) is 3. The number of piperazine rings is 1. The number of nitrogens with one attached hydrogen (secondary N) is 1. The molecule has 0 spiro atoms. The van der Waals surface area contributed by atoms with Crippen molar-refractivity contribution in [1.82, 2.24) is 10.2 Å². The van der Waals surface area contributed by atoms with Crippen molar-refractivity contribution in [2.24, 2.45) is 0 Å². The minimum Gasteiger partial charge on any atom is -0.396 e. The molecule has 3 nitrogen and oxygen atoms in total. The van der Waals surface area contributed by atoms with Crippen LogP contribution in [-0.2, 0) is 0 Å². The molecule has 0 radical (unpaired) electrons. The normalized spacial score (nSPS) is 16.8. The number of nitrogens with zero attached hydrogens (tertiary/aromatic N) is 1.